The van der Waals surface area contributed by atoms with Crippen LogP contribution in [0.3, 0.4) is 0 Å². The summed E-state index contributed by atoms with van der Waals surface area (Å²) in [7, 11) is 0. The number of carboxylic acids is 1. The maximum absolute atomic E-state index is 10.2. The van der Waals surface area contributed by atoms with Crippen LogP contribution in [0.25, 0.3) is 0 Å². The number of nitrogens with one attached hydrogen (secondary N) is 1. The van der Waals surface area contributed by atoms with Gasteiger partial charge in [-0.05, 0) is 25.5 Å². The van der Waals surface area contributed by atoms with E-state index in [0.29, 0.717) is 6.42 Å². The number of carboxylic acid groups (broad SMARTS) is 1. The average molecular weight is 199 g/mol. The fourth-order valence-corrected chi connectivity index (χ4v) is 1.41. The van der Waals surface area contributed by atoms with Crippen molar-refractivity contribution in [3.05, 3.63) is 0 Å². The molecule has 0 spiro atoms. The molecular formula is C11H21NO2. The third kappa shape index (κ3) is 11.1. The topological polar surface area (TPSA) is 61.2 Å². The molecule has 0 atom stereocenters. The zero-order valence-electron chi connectivity index (χ0n) is 8.80. The van der Waals surface area contributed by atoms with Crippen LogP contribution in [0.4, 0.5) is 0 Å². The fraction of sp³-hybridized carbons (Fsp3) is 0.818. The van der Waals surface area contributed by atoms with E-state index in [0.717, 1.165) is 32.1 Å². The van der Waals surface area contributed by atoms with Gasteiger partial charge >= 0.3 is 5.97 Å². The van der Waals surface area contributed by atoms with Gasteiger partial charge in [0.1, 0.15) is 0 Å². The summed E-state index contributed by atoms with van der Waals surface area (Å²) in [5, 5.41) is 15.2. The average Bonchev–Trinajstić information content (AvgIpc) is 2.15. The second-order valence-corrected chi connectivity index (χ2v) is 3.61. The summed E-state index contributed by atoms with van der Waals surface area (Å²) in [6.45, 7) is 0. The molecule has 0 saturated carbocycles. The van der Waals surface area contributed by atoms with Crippen LogP contribution in [0.5, 0.6) is 0 Å². The molecule has 2 N–H and O–H groups in total. The van der Waals surface area contributed by atoms with Gasteiger partial charge < -0.3 is 10.5 Å². The zero-order valence-corrected chi connectivity index (χ0v) is 8.80. The highest BCUT2D eigenvalue weighted by Crippen LogP contribution is 2.08. The van der Waals surface area contributed by atoms with Crippen LogP contribution in [0.2, 0.25) is 0 Å². The minimum absolute atomic E-state index is 0.313. The molecule has 3 nitrogen and oxygen atoms in total. The fourth-order valence-electron chi connectivity index (χ4n) is 1.41. The van der Waals surface area contributed by atoms with Gasteiger partial charge in [0.25, 0.3) is 0 Å². The summed E-state index contributed by atoms with van der Waals surface area (Å²) in [4.78, 5) is 10.2. The quantitative estimate of drug-likeness (QED) is 0.419. The van der Waals surface area contributed by atoms with Crippen LogP contribution in [0.1, 0.15) is 57.8 Å². The van der Waals surface area contributed by atoms with Gasteiger partial charge in [-0.25, -0.2) is 0 Å². The molecule has 0 unspecified atom stereocenters. The molecule has 0 rings (SSSR count). The van der Waals surface area contributed by atoms with E-state index in [-0.39, 0.29) is 0 Å². The third-order valence-electron chi connectivity index (χ3n) is 2.24. The second kappa shape index (κ2) is 10.2. The highest BCUT2D eigenvalue weighted by Gasteiger charge is 1.96. The first kappa shape index (κ1) is 13.1. The number of hydrogen-bond donors (Lipinski definition) is 2. The molecule has 0 aliphatic heterocycles. The molecule has 0 saturated heterocycles. The van der Waals surface area contributed by atoms with E-state index >= 15 is 0 Å². The standard InChI is InChI=1S/C11H21NO2/c12-10-8-6-4-2-1-3-5-7-9-11(13)14/h10,12H,1-9H2,(H,13,14). The highest BCUT2D eigenvalue weighted by atomic mass is 16.4. The molecule has 0 aliphatic rings. The molecule has 0 aromatic carbocycles. The molecule has 3 heteroatoms. The van der Waals surface area contributed by atoms with Crippen LogP contribution in [-0.4, -0.2) is 17.3 Å². The lowest BCUT2D eigenvalue weighted by atomic mass is 10.1. The second-order valence-electron chi connectivity index (χ2n) is 3.61. The predicted octanol–water partition coefficient (Wildman–Crippen LogP) is 3.23. The number of rotatable bonds is 10. The number of hydrogen-bond acceptors (Lipinski definition) is 2. The summed E-state index contributed by atoms with van der Waals surface area (Å²) in [5.74, 6) is -0.684. The summed E-state index contributed by atoms with van der Waals surface area (Å²) in [6, 6.07) is 0. The van der Waals surface area contributed by atoms with Crippen LogP contribution < -0.4 is 0 Å². The van der Waals surface area contributed by atoms with E-state index in [1.165, 1.54) is 25.5 Å². The summed E-state index contributed by atoms with van der Waals surface area (Å²) in [5.41, 5.74) is 0. The van der Waals surface area contributed by atoms with E-state index in [9.17, 15) is 4.79 Å². The molecule has 14 heavy (non-hydrogen) atoms. The molecule has 0 aromatic heterocycles. The first-order valence-corrected chi connectivity index (χ1v) is 5.48. The summed E-state index contributed by atoms with van der Waals surface area (Å²) >= 11 is 0. The van der Waals surface area contributed by atoms with Gasteiger partial charge in [-0.15, -0.1) is 0 Å². The minimum Gasteiger partial charge on any atom is -0.481 e. The van der Waals surface area contributed by atoms with Crippen molar-refractivity contribution < 1.29 is 9.90 Å². The van der Waals surface area contributed by atoms with E-state index in [1.54, 1.807) is 0 Å². The molecule has 0 bridgehead atoms. The van der Waals surface area contributed by atoms with Crippen LogP contribution >= 0.6 is 0 Å². The maximum atomic E-state index is 10.2. The molecule has 82 valence electrons. The molecule has 0 heterocycles. The Hall–Kier alpha value is -0.860. The van der Waals surface area contributed by atoms with Gasteiger partial charge in [0.05, 0.1) is 0 Å². The Balaban J connectivity index is 2.92. The minimum atomic E-state index is -0.684. The van der Waals surface area contributed by atoms with Crippen molar-refractivity contribution in [1.29, 1.82) is 5.41 Å². The van der Waals surface area contributed by atoms with E-state index in [1.807, 2.05) is 0 Å². The van der Waals surface area contributed by atoms with Crippen molar-refractivity contribution in [2.45, 2.75) is 57.8 Å². The van der Waals surface area contributed by atoms with Crippen molar-refractivity contribution in [2.75, 3.05) is 0 Å². The first-order chi connectivity index (χ1) is 6.77. The van der Waals surface area contributed by atoms with Gasteiger partial charge in [0.2, 0.25) is 0 Å². The Morgan fingerprint density at radius 3 is 2.00 bits per heavy atom. The van der Waals surface area contributed by atoms with Crippen LogP contribution in [-0.2, 0) is 4.79 Å². The normalized spacial score (nSPS) is 10.0. The maximum Gasteiger partial charge on any atom is 0.303 e. The van der Waals surface area contributed by atoms with Crippen LogP contribution in [0, 0.1) is 5.41 Å². The van der Waals surface area contributed by atoms with Gasteiger partial charge in [0, 0.05) is 6.42 Å². The molecule has 0 aliphatic carbocycles. The lowest BCUT2D eigenvalue weighted by molar-refractivity contribution is -0.137. The highest BCUT2D eigenvalue weighted by molar-refractivity contribution is 5.66. The number of carbonyl (C=O) groups is 1. The first-order valence-electron chi connectivity index (χ1n) is 5.48. The Morgan fingerprint density at radius 2 is 1.50 bits per heavy atom. The van der Waals surface area contributed by atoms with E-state index in [4.69, 9.17) is 10.5 Å². The van der Waals surface area contributed by atoms with Crippen molar-refractivity contribution in [2.24, 2.45) is 0 Å². The van der Waals surface area contributed by atoms with Crippen molar-refractivity contribution >= 4 is 12.2 Å². The largest absolute Gasteiger partial charge is 0.481 e. The summed E-state index contributed by atoms with van der Waals surface area (Å²) < 4.78 is 0. The summed E-state index contributed by atoms with van der Waals surface area (Å²) in [6.07, 6.45) is 10.4. The van der Waals surface area contributed by atoms with E-state index < -0.39 is 5.97 Å². The molecular weight excluding hydrogens is 178 g/mol. The van der Waals surface area contributed by atoms with Crippen LogP contribution in [0.15, 0.2) is 0 Å². The molecule has 0 amide bonds. The zero-order chi connectivity index (χ0) is 10.6. The third-order valence-corrected chi connectivity index (χ3v) is 2.24. The van der Waals surface area contributed by atoms with Gasteiger partial charge in [-0.2, -0.15) is 0 Å². The SMILES string of the molecule is N=CCCCCCCCCCC(=O)O. The smallest absolute Gasteiger partial charge is 0.303 e. The van der Waals surface area contributed by atoms with Crippen molar-refractivity contribution in [1.82, 2.24) is 0 Å². The monoisotopic (exact) mass is 199 g/mol. The Labute approximate surface area is 86.0 Å². The molecule has 0 fully saturated rings. The number of aliphatic carboxylic acids is 1. The lowest BCUT2D eigenvalue weighted by Gasteiger charge is -1.99. The van der Waals surface area contributed by atoms with Gasteiger partial charge in [-0.3, -0.25) is 4.79 Å². The Bertz CT molecular complexity index is 157. The molecule has 0 radical (unpaired) electrons. The van der Waals surface area contributed by atoms with Crippen molar-refractivity contribution in [3.8, 4) is 0 Å². The van der Waals surface area contributed by atoms with Gasteiger partial charge in [-0.1, -0.05) is 32.1 Å². The Kier molecular flexibility index (Phi) is 9.59. The lowest BCUT2D eigenvalue weighted by Crippen LogP contribution is -1.93. The van der Waals surface area contributed by atoms with Crippen molar-refractivity contribution in [3.63, 3.8) is 0 Å². The Morgan fingerprint density at radius 1 is 1.00 bits per heavy atom. The van der Waals surface area contributed by atoms with E-state index in [2.05, 4.69) is 0 Å². The predicted molar refractivity (Wildman–Crippen MR) is 58.0 cm³/mol. The number of unbranched alkanes of at least 4 members (excludes halogenated alkanes) is 7. The van der Waals surface area contributed by atoms with Gasteiger partial charge in [0.15, 0.2) is 0 Å². The molecule has 0 aromatic rings.